The molecule has 0 fully saturated rings. The second kappa shape index (κ2) is 5.21. The summed E-state index contributed by atoms with van der Waals surface area (Å²) in [4.78, 5) is 10.1. The molecule has 0 atom stereocenters. The van der Waals surface area contributed by atoms with Crippen LogP contribution in [0, 0.1) is 10.1 Å². The molecule has 5 N–H and O–H groups in total. The molecule has 0 aliphatic heterocycles. The molecule has 1 rings (SSSR count). The van der Waals surface area contributed by atoms with Crippen LogP contribution in [0.15, 0.2) is 23.3 Å². The number of benzene rings is 1. The van der Waals surface area contributed by atoms with E-state index in [1.165, 1.54) is 12.1 Å². The highest BCUT2D eigenvalue weighted by Gasteiger charge is 2.12. The molecule has 0 bridgehead atoms. The van der Waals surface area contributed by atoms with Crippen LogP contribution in [0.2, 0.25) is 0 Å². The predicted molar refractivity (Wildman–Crippen MR) is 69.6 cm³/mol. The Morgan fingerprint density at radius 3 is 2.76 bits per heavy atom. The molecule has 7 nitrogen and oxygen atoms in total. The van der Waals surface area contributed by atoms with Crippen LogP contribution >= 0.6 is 12.2 Å². The van der Waals surface area contributed by atoms with E-state index >= 15 is 0 Å². The molecule has 0 aliphatic rings. The number of hydrazone groups is 1. The number of hydrogen-bond acceptors (Lipinski definition) is 5. The van der Waals surface area contributed by atoms with E-state index in [1.807, 2.05) is 0 Å². The van der Waals surface area contributed by atoms with Crippen LogP contribution in [-0.4, -0.2) is 15.7 Å². The maximum Gasteiger partial charge on any atom is 0.292 e. The van der Waals surface area contributed by atoms with Crippen molar-refractivity contribution in [3.63, 3.8) is 0 Å². The lowest BCUT2D eigenvalue weighted by molar-refractivity contribution is -0.383. The molecule has 0 spiro atoms. The van der Waals surface area contributed by atoms with Gasteiger partial charge in [-0.2, -0.15) is 5.10 Å². The summed E-state index contributed by atoms with van der Waals surface area (Å²) >= 11 is 4.58. The van der Waals surface area contributed by atoms with Gasteiger partial charge in [-0.05, 0) is 25.2 Å². The number of nitro benzene ring substituents is 1. The van der Waals surface area contributed by atoms with Gasteiger partial charge in [0.2, 0.25) is 0 Å². The lowest BCUT2D eigenvalue weighted by Crippen LogP contribution is -2.25. The van der Waals surface area contributed by atoms with E-state index in [4.69, 9.17) is 11.5 Å². The third kappa shape index (κ3) is 3.38. The summed E-state index contributed by atoms with van der Waals surface area (Å²) in [6.07, 6.45) is 0. The molecule has 0 aliphatic carbocycles. The predicted octanol–water partition coefficient (Wildman–Crippen LogP) is 0.734. The largest absolute Gasteiger partial charge is 0.393 e. The van der Waals surface area contributed by atoms with Crippen molar-refractivity contribution in [3.8, 4) is 0 Å². The maximum atomic E-state index is 10.7. The average Bonchev–Trinajstić information content (AvgIpc) is 2.26. The van der Waals surface area contributed by atoms with Crippen LogP contribution in [0.3, 0.4) is 0 Å². The SMILES string of the molecule is C/C(=N\NC(N)=S)c1ccc(N)c([N+](=O)[O-])c1. The zero-order chi connectivity index (χ0) is 13.0. The van der Waals surface area contributed by atoms with Gasteiger partial charge in [0.1, 0.15) is 5.69 Å². The zero-order valence-electron chi connectivity index (χ0n) is 9.01. The molecule has 1 aromatic rings. The Bertz CT molecular complexity index is 500. The third-order valence-corrected chi connectivity index (χ3v) is 2.07. The number of rotatable bonds is 3. The molecule has 0 saturated carbocycles. The van der Waals surface area contributed by atoms with E-state index in [0.717, 1.165) is 0 Å². The lowest BCUT2D eigenvalue weighted by atomic mass is 10.1. The van der Waals surface area contributed by atoms with Crippen molar-refractivity contribution in [1.29, 1.82) is 0 Å². The van der Waals surface area contributed by atoms with E-state index in [1.54, 1.807) is 13.0 Å². The lowest BCUT2D eigenvalue weighted by Gasteiger charge is -2.03. The Kier molecular flexibility index (Phi) is 3.94. The van der Waals surface area contributed by atoms with Crippen LogP contribution in [-0.2, 0) is 0 Å². The highest BCUT2D eigenvalue weighted by atomic mass is 32.1. The van der Waals surface area contributed by atoms with Crippen molar-refractivity contribution in [3.05, 3.63) is 33.9 Å². The third-order valence-electron chi connectivity index (χ3n) is 1.98. The quantitative estimate of drug-likeness (QED) is 0.240. The molecular formula is C9H11N5O2S. The number of nitrogens with zero attached hydrogens (tertiary/aromatic N) is 2. The first-order valence-electron chi connectivity index (χ1n) is 4.56. The van der Waals surface area contributed by atoms with Gasteiger partial charge < -0.3 is 11.5 Å². The highest BCUT2D eigenvalue weighted by Crippen LogP contribution is 2.22. The topological polar surface area (TPSA) is 120 Å². The van der Waals surface area contributed by atoms with Crippen molar-refractivity contribution < 1.29 is 4.92 Å². The summed E-state index contributed by atoms with van der Waals surface area (Å²) in [6, 6.07) is 4.42. The van der Waals surface area contributed by atoms with Gasteiger partial charge in [-0.3, -0.25) is 15.5 Å². The van der Waals surface area contributed by atoms with E-state index < -0.39 is 4.92 Å². The zero-order valence-corrected chi connectivity index (χ0v) is 9.82. The first kappa shape index (κ1) is 12.8. The minimum atomic E-state index is -0.549. The highest BCUT2D eigenvalue weighted by molar-refractivity contribution is 7.80. The van der Waals surface area contributed by atoms with Gasteiger partial charge in [0.15, 0.2) is 5.11 Å². The first-order chi connectivity index (χ1) is 7.91. The fourth-order valence-electron chi connectivity index (χ4n) is 1.13. The van der Waals surface area contributed by atoms with Crippen LogP contribution in [0.25, 0.3) is 0 Å². The summed E-state index contributed by atoms with van der Waals surface area (Å²) in [5.74, 6) is 0. The van der Waals surface area contributed by atoms with Crippen molar-refractivity contribution in [2.24, 2.45) is 10.8 Å². The molecular weight excluding hydrogens is 242 g/mol. The summed E-state index contributed by atoms with van der Waals surface area (Å²) in [5.41, 5.74) is 14.1. The molecule has 17 heavy (non-hydrogen) atoms. The van der Waals surface area contributed by atoms with Crippen LogP contribution in [0.5, 0.6) is 0 Å². The molecule has 0 unspecified atom stereocenters. The van der Waals surface area contributed by atoms with Gasteiger partial charge in [-0.25, -0.2) is 0 Å². The van der Waals surface area contributed by atoms with E-state index in [2.05, 4.69) is 22.7 Å². The van der Waals surface area contributed by atoms with Crippen molar-refractivity contribution in [2.75, 3.05) is 5.73 Å². The molecule has 0 aromatic heterocycles. The minimum absolute atomic E-state index is 0.0225. The van der Waals surface area contributed by atoms with Crippen molar-refractivity contribution in [2.45, 2.75) is 6.92 Å². The average molecular weight is 253 g/mol. The molecule has 0 heterocycles. The molecule has 0 radical (unpaired) electrons. The molecule has 0 amide bonds. The summed E-state index contributed by atoms with van der Waals surface area (Å²) < 4.78 is 0. The van der Waals surface area contributed by atoms with E-state index in [0.29, 0.717) is 11.3 Å². The number of nitrogens with one attached hydrogen (secondary N) is 1. The number of anilines is 1. The standard InChI is InChI=1S/C9H11N5O2S/c1-5(12-13-9(11)17)6-2-3-7(10)8(4-6)14(15)16/h2-4H,10H2,1H3,(H3,11,13,17)/b12-5+. The monoisotopic (exact) mass is 253 g/mol. The molecule has 0 saturated heterocycles. The fourth-order valence-corrected chi connectivity index (χ4v) is 1.18. The van der Waals surface area contributed by atoms with Gasteiger partial charge in [-0.1, -0.05) is 6.07 Å². The Hall–Kier alpha value is -2.22. The van der Waals surface area contributed by atoms with Gasteiger partial charge in [0, 0.05) is 11.6 Å². The Morgan fingerprint density at radius 2 is 2.24 bits per heavy atom. The summed E-state index contributed by atoms with van der Waals surface area (Å²) in [6.45, 7) is 1.67. The van der Waals surface area contributed by atoms with Crippen LogP contribution < -0.4 is 16.9 Å². The van der Waals surface area contributed by atoms with Gasteiger partial charge in [0.25, 0.3) is 5.69 Å². The second-order valence-electron chi connectivity index (χ2n) is 3.20. The second-order valence-corrected chi connectivity index (χ2v) is 3.64. The number of nitrogens with two attached hydrogens (primary N) is 2. The minimum Gasteiger partial charge on any atom is -0.393 e. The Labute approximate surface area is 103 Å². The number of hydrogen-bond donors (Lipinski definition) is 3. The molecule has 8 heteroatoms. The number of thiocarbonyl (C=S) groups is 1. The van der Waals surface area contributed by atoms with Gasteiger partial charge in [0.05, 0.1) is 10.6 Å². The first-order valence-corrected chi connectivity index (χ1v) is 4.96. The normalized spacial score (nSPS) is 11.0. The smallest absolute Gasteiger partial charge is 0.292 e. The Balaban J connectivity index is 3.07. The molecule has 90 valence electrons. The Morgan fingerprint density at radius 1 is 1.59 bits per heavy atom. The van der Waals surface area contributed by atoms with E-state index in [9.17, 15) is 10.1 Å². The van der Waals surface area contributed by atoms with Gasteiger partial charge in [-0.15, -0.1) is 0 Å². The number of nitro groups is 1. The number of nitrogen functional groups attached to an aromatic ring is 1. The van der Waals surface area contributed by atoms with Crippen LogP contribution in [0.4, 0.5) is 11.4 Å². The molecule has 1 aromatic carbocycles. The van der Waals surface area contributed by atoms with Crippen molar-refractivity contribution in [1.82, 2.24) is 5.43 Å². The summed E-state index contributed by atoms with van der Waals surface area (Å²) in [5, 5.41) is 14.6. The van der Waals surface area contributed by atoms with Gasteiger partial charge >= 0.3 is 0 Å². The summed E-state index contributed by atoms with van der Waals surface area (Å²) in [7, 11) is 0. The van der Waals surface area contributed by atoms with Crippen LogP contribution in [0.1, 0.15) is 12.5 Å². The van der Waals surface area contributed by atoms with Crippen molar-refractivity contribution >= 4 is 34.4 Å². The van der Waals surface area contributed by atoms with E-state index in [-0.39, 0.29) is 16.5 Å². The fraction of sp³-hybridized carbons (Fsp3) is 0.111. The maximum absolute atomic E-state index is 10.7.